The van der Waals surface area contributed by atoms with Crippen LogP contribution in [0.4, 0.5) is 0 Å². The van der Waals surface area contributed by atoms with Crippen molar-refractivity contribution in [3.05, 3.63) is 0 Å². The van der Waals surface area contributed by atoms with Gasteiger partial charge in [0.05, 0.1) is 12.8 Å². The molecule has 1 heterocycles. The molecule has 8 heavy (non-hydrogen) atoms. The van der Waals surface area contributed by atoms with Gasteiger partial charge in [0.25, 0.3) is 5.90 Å². The lowest BCUT2D eigenvalue weighted by molar-refractivity contribution is 0.262. The molecule has 0 aliphatic carbocycles. The summed E-state index contributed by atoms with van der Waals surface area (Å²) in [6, 6.07) is 0. The van der Waals surface area contributed by atoms with Crippen molar-refractivity contribution in [2.75, 3.05) is 13.2 Å². The summed E-state index contributed by atoms with van der Waals surface area (Å²) >= 11 is 0. The third-order valence-corrected chi connectivity index (χ3v) is 0.771. The quantitative estimate of drug-likeness (QED) is 0.352. The Bertz CT molecular complexity index is 130. The van der Waals surface area contributed by atoms with Gasteiger partial charge in [-0.3, -0.25) is 4.99 Å². The van der Waals surface area contributed by atoms with Crippen LogP contribution in [-0.2, 0) is 4.74 Å². The van der Waals surface area contributed by atoms with Gasteiger partial charge in [0.15, 0.2) is 0 Å². The minimum Gasteiger partial charge on any atom is -0.473 e. The SMILES string of the molecule is O/N=C1/C=NCCO1. The number of nitrogens with zero attached hydrogens (tertiary/aromatic N) is 2. The second kappa shape index (κ2) is 2.30. The van der Waals surface area contributed by atoms with Crippen molar-refractivity contribution < 1.29 is 9.94 Å². The van der Waals surface area contributed by atoms with E-state index in [0.717, 1.165) is 0 Å². The van der Waals surface area contributed by atoms with Crippen LogP contribution in [0, 0.1) is 0 Å². The number of hydrogen-bond donors (Lipinski definition) is 1. The Balaban J connectivity index is 2.56. The summed E-state index contributed by atoms with van der Waals surface area (Å²) in [7, 11) is 0. The van der Waals surface area contributed by atoms with Crippen LogP contribution in [0.5, 0.6) is 0 Å². The molecule has 0 unspecified atom stereocenters. The van der Waals surface area contributed by atoms with Crippen LogP contribution in [0.1, 0.15) is 0 Å². The summed E-state index contributed by atoms with van der Waals surface area (Å²) in [4.78, 5) is 3.79. The van der Waals surface area contributed by atoms with Crippen molar-refractivity contribution in [3.8, 4) is 0 Å². The average Bonchev–Trinajstić information content (AvgIpc) is 1.90. The van der Waals surface area contributed by atoms with Crippen molar-refractivity contribution in [3.63, 3.8) is 0 Å². The average molecular weight is 114 g/mol. The fourth-order valence-electron chi connectivity index (χ4n) is 0.438. The highest BCUT2D eigenvalue weighted by molar-refractivity contribution is 6.26. The molecule has 0 aromatic rings. The van der Waals surface area contributed by atoms with Gasteiger partial charge in [-0.2, -0.15) is 0 Å². The third kappa shape index (κ3) is 0.959. The van der Waals surface area contributed by atoms with E-state index in [9.17, 15) is 0 Å². The van der Waals surface area contributed by atoms with E-state index in [-0.39, 0.29) is 5.90 Å². The first-order valence-electron chi connectivity index (χ1n) is 2.28. The third-order valence-electron chi connectivity index (χ3n) is 0.771. The highest BCUT2D eigenvalue weighted by Crippen LogP contribution is 1.85. The number of hydrogen-bond acceptors (Lipinski definition) is 4. The summed E-state index contributed by atoms with van der Waals surface area (Å²) in [6.07, 6.45) is 1.39. The lowest BCUT2D eigenvalue weighted by Gasteiger charge is -2.04. The van der Waals surface area contributed by atoms with Crippen LogP contribution >= 0.6 is 0 Å². The van der Waals surface area contributed by atoms with Crippen molar-refractivity contribution in [2.24, 2.45) is 10.1 Å². The van der Waals surface area contributed by atoms with Crippen molar-refractivity contribution in [2.45, 2.75) is 0 Å². The fraction of sp³-hybridized carbons (Fsp3) is 0.500. The minimum atomic E-state index is 0.191. The summed E-state index contributed by atoms with van der Waals surface area (Å²) in [5, 5.41) is 10.9. The van der Waals surface area contributed by atoms with Crippen LogP contribution in [0.2, 0.25) is 0 Å². The second-order valence-electron chi connectivity index (χ2n) is 1.32. The molecular weight excluding hydrogens is 108 g/mol. The van der Waals surface area contributed by atoms with Crippen LogP contribution in [0.25, 0.3) is 0 Å². The predicted molar refractivity (Wildman–Crippen MR) is 28.5 cm³/mol. The number of oxime groups is 1. The molecule has 0 fully saturated rings. The molecule has 0 saturated carbocycles. The maximum Gasteiger partial charge on any atom is 0.268 e. The number of rotatable bonds is 0. The summed E-state index contributed by atoms with van der Waals surface area (Å²) in [6.45, 7) is 1.16. The highest BCUT2D eigenvalue weighted by Gasteiger charge is 1.99. The van der Waals surface area contributed by atoms with Crippen molar-refractivity contribution in [1.29, 1.82) is 0 Å². The molecule has 0 bridgehead atoms. The van der Waals surface area contributed by atoms with E-state index in [1.807, 2.05) is 0 Å². The number of aliphatic imine (C=N–C) groups is 1. The van der Waals surface area contributed by atoms with Crippen LogP contribution in [0.3, 0.4) is 0 Å². The molecule has 0 spiro atoms. The number of ether oxygens (including phenoxy) is 1. The van der Waals surface area contributed by atoms with Crippen LogP contribution in [-0.4, -0.2) is 30.5 Å². The fourth-order valence-corrected chi connectivity index (χ4v) is 0.438. The van der Waals surface area contributed by atoms with E-state index in [1.54, 1.807) is 0 Å². The first kappa shape index (κ1) is 5.08. The Kier molecular flexibility index (Phi) is 1.46. The summed E-state index contributed by atoms with van der Waals surface area (Å²) in [5.41, 5.74) is 0. The zero-order valence-corrected chi connectivity index (χ0v) is 4.24. The van der Waals surface area contributed by atoms with E-state index < -0.39 is 0 Å². The molecule has 0 atom stereocenters. The Morgan fingerprint density at radius 2 is 2.75 bits per heavy atom. The van der Waals surface area contributed by atoms with E-state index in [0.29, 0.717) is 13.2 Å². The van der Waals surface area contributed by atoms with Gasteiger partial charge in [0, 0.05) is 0 Å². The Morgan fingerprint density at radius 3 is 3.12 bits per heavy atom. The first-order valence-corrected chi connectivity index (χ1v) is 2.28. The lowest BCUT2D eigenvalue weighted by Crippen LogP contribution is -2.14. The molecule has 0 saturated heterocycles. The first-order chi connectivity index (χ1) is 3.93. The standard InChI is InChI=1S/C4H6N2O2/c7-6-4-3-5-1-2-8-4/h3,7H,1-2H2/b6-4-. The molecule has 1 aliphatic rings. The van der Waals surface area contributed by atoms with Gasteiger partial charge in [-0.05, 0) is 5.16 Å². The van der Waals surface area contributed by atoms with Crippen molar-refractivity contribution in [1.82, 2.24) is 0 Å². The van der Waals surface area contributed by atoms with Gasteiger partial charge in [0.2, 0.25) is 0 Å². The van der Waals surface area contributed by atoms with Crippen LogP contribution in [0.15, 0.2) is 10.1 Å². The molecule has 4 nitrogen and oxygen atoms in total. The molecule has 0 aromatic heterocycles. The Morgan fingerprint density at radius 1 is 1.88 bits per heavy atom. The topological polar surface area (TPSA) is 54.2 Å². The molecule has 44 valence electrons. The molecule has 0 aromatic carbocycles. The Hall–Kier alpha value is -1.06. The Labute approximate surface area is 46.5 Å². The van der Waals surface area contributed by atoms with Gasteiger partial charge in [0.1, 0.15) is 6.61 Å². The largest absolute Gasteiger partial charge is 0.473 e. The van der Waals surface area contributed by atoms with Crippen molar-refractivity contribution >= 4 is 12.1 Å². The zero-order chi connectivity index (χ0) is 5.82. The molecule has 0 amide bonds. The van der Waals surface area contributed by atoms with E-state index in [4.69, 9.17) is 9.94 Å². The minimum absolute atomic E-state index is 0.191. The van der Waals surface area contributed by atoms with Gasteiger partial charge in [-0.15, -0.1) is 0 Å². The second-order valence-corrected chi connectivity index (χ2v) is 1.32. The van der Waals surface area contributed by atoms with Gasteiger partial charge < -0.3 is 9.94 Å². The molecule has 4 heteroatoms. The van der Waals surface area contributed by atoms with E-state index in [1.165, 1.54) is 6.21 Å². The summed E-state index contributed by atoms with van der Waals surface area (Å²) in [5.74, 6) is 0.191. The van der Waals surface area contributed by atoms with E-state index in [2.05, 4.69) is 10.1 Å². The van der Waals surface area contributed by atoms with Gasteiger partial charge >= 0.3 is 0 Å². The molecule has 0 radical (unpaired) electrons. The monoisotopic (exact) mass is 114 g/mol. The van der Waals surface area contributed by atoms with Crippen LogP contribution < -0.4 is 0 Å². The van der Waals surface area contributed by atoms with Gasteiger partial charge in [-0.25, -0.2) is 0 Å². The maximum absolute atomic E-state index is 8.06. The normalized spacial score (nSPS) is 23.2. The molecule has 1 rings (SSSR count). The molecule has 1 N–H and O–H groups in total. The molecule has 1 aliphatic heterocycles. The van der Waals surface area contributed by atoms with E-state index >= 15 is 0 Å². The van der Waals surface area contributed by atoms with Gasteiger partial charge in [-0.1, -0.05) is 0 Å². The summed E-state index contributed by atoms with van der Waals surface area (Å²) < 4.78 is 4.78. The smallest absolute Gasteiger partial charge is 0.268 e. The molecular formula is C4H6N2O2. The lowest BCUT2D eigenvalue weighted by atomic mass is 10.6. The maximum atomic E-state index is 8.06. The predicted octanol–water partition coefficient (Wildman–Crippen LogP) is -0.125. The highest BCUT2D eigenvalue weighted by atomic mass is 16.5. The zero-order valence-electron chi connectivity index (χ0n) is 4.24.